The SMILES string of the molecule is Cc1cn2c(ccc3cccc(Br)c32)n1. The summed E-state index contributed by atoms with van der Waals surface area (Å²) >= 11 is 3.58. The van der Waals surface area contributed by atoms with Gasteiger partial charge in [-0.15, -0.1) is 0 Å². The second kappa shape index (κ2) is 3.07. The number of para-hydroxylation sites is 1. The Balaban J connectivity index is 2.62. The van der Waals surface area contributed by atoms with Gasteiger partial charge < -0.3 is 0 Å². The van der Waals surface area contributed by atoms with Crippen molar-refractivity contribution in [3.8, 4) is 0 Å². The largest absolute Gasteiger partial charge is 0.298 e. The smallest absolute Gasteiger partial charge is 0.137 e. The van der Waals surface area contributed by atoms with Gasteiger partial charge in [0.05, 0.1) is 11.2 Å². The molecule has 0 bridgehead atoms. The maximum atomic E-state index is 4.45. The van der Waals surface area contributed by atoms with Gasteiger partial charge in [-0.25, -0.2) is 4.98 Å². The van der Waals surface area contributed by atoms with Crippen LogP contribution in [-0.2, 0) is 0 Å². The predicted octanol–water partition coefficient (Wildman–Crippen LogP) is 3.56. The molecule has 0 atom stereocenters. The quantitative estimate of drug-likeness (QED) is 0.604. The number of hydrogen-bond acceptors (Lipinski definition) is 1. The summed E-state index contributed by atoms with van der Waals surface area (Å²) in [6.45, 7) is 2.01. The summed E-state index contributed by atoms with van der Waals surface area (Å²) in [6.07, 6.45) is 2.06. The van der Waals surface area contributed by atoms with Crippen molar-refractivity contribution in [1.82, 2.24) is 9.38 Å². The van der Waals surface area contributed by atoms with Crippen molar-refractivity contribution in [1.29, 1.82) is 0 Å². The van der Waals surface area contributed by atoms with E-state index >= 15 is 0 Å². The predicted molar refractivity (Wildman–Crippen MR) is 65.1 cm³/mol. The molecule has 0 aliphatic heterocycles. The highest BCUT2D eigenvalue weighted by Gasteiger charge is 2.04. The van der Waals surface area contributed by atoms with Crippen molar-refractivity contribution in [3.63, 3.8) is 0 Å². The number of halogens is 1. The number of aryl methyl sites for hydroxylation is 1. The Morgan fingerprint density at radius 2 is 2.07 bits per heavy atom. The maximum Gasteiger partial charge on any atom is 0.137 e. The Morgan fingerprint density at radius 1 is 1.20 bits per heavy atom. The third kappa shape index (κ3) is 1.27. The van der Waals surface area contributed by atoms with Gasteiger partial charge in [0, 0.05) is 10.7 Å². The van der Waals surface area contributed by atoms with Crippen LogP contribution in [0.1, 0.15) is 5.69 Å². The van der Waals surface area contributed by atoms with E-state index in [0.717, 1.165) is 15.8 Å². The van der Waals surface area contributed by atoms with E-state index in [1.165, 1.54) is 10.9 Å². The summed E-state index contributed by atoms with van der Waals surface area (Å²) in [6, 6.07) is 10.3. The van der Waals surface area contributed by atoms with Crippen LogP contribution in [0.3, 0.4) is 0 Å². The van der Waals surface area contributed by atoms with Gasteiger partial charge in [0.15, 0.2) is 0 Å². The molecular weight excluding hydrogens is 252 g/mol. The molecule has 15 heavy (non-hydrogen) atoms. The highest BCUT2D eigenvalue weighted by Crippen LogP contribution is 2.25. The zero-order valence-corrected chi connectivity index (χ0v) is 9.82. The lowest BCUT2D eigenvalue weighted by Crippen LogP contribution is -1.87. The molecule has 3 rings (SSSR count). The summed E-state index contributed by atoms with van der Waals surface area (Å²) in [5.41, 5.74) is 3.21. The molecule has 0 saturated carbocycles. The number of benzene rings is 1. The van der Waals surface area contributed by atoms with Crippen LogP contribution in [0.15, 0.2) is 41.0 Å². The van der Waals surface area contributed by atoms with Crippen LogP contribution in [-0.4, -0.2) is 9.38 Å². The average Bonchev–Trinajstić information content (AvgIpc) is 2.58. The van der Waals surface area contributed by atoms with Crippen molar-refractivity contribution in [2.45, 2.75) is 6.92 Å². The Hall–Kier alpha value is -1.35. The average molecular weight is 261 g/mol. The van der Waals surface area contributed by atoms with E-state index in [0.29, 0.717) is 0 Å². The molecule has 0 aliphatic carbocycles. The van der Waals surface area contributed by atoms with Crippen molar-refractivity contribution < 1.29 is 0 Å². The fourth-order valence-electron chi connectivity index (χ4n) is 1.90. The molecule has 2 aromatic heterocycles. The molecule has 3 heteroatoms. The summed E-state index contributed by atoms with van der Waals surface area (Å²) in [5, 5.41) is 1.22. The number of imidazole rings is 1. The van der Waals surface area contributed by atoms with Crippen LogP contribution in [0.25, 0.3) is 16.6 Å². The molecule has 74 valence electrons. The third-order valence-corrected chi connectivity index (χ3v) is 3.16. The van der Waals surface area contributed by atoms with Gasteiger partial charge in [-0.05, 0) is 46.4 Å². The molecule has 1 aromatic carbocycles. The van der Waals surface area contributed by atoms with E-state index in [9.17, 15) is 0 Å². The van der Waals surface area contributed by atoms with Crippen LogP contribution in [0.2, 0.25) is 0 Å². The number of hydrogen-bond donors (Lipinski definition) is 0. The number of nitrogens with zero attached hydrogens (tertiary/aromatic N) is 2. The standard InChI is InChI=1S/C12H9BrN2/c1-8-7-15-11(14-8)6-5-9-3-2-4-10(13)12(9)15/h2-7H,1H3. The second-order valence-corrected chi connectivity index (χ2v) is 4.48. The molecular formula is C12H9BrN2. The first-order valence-electron chi connectivity index (χ1n) is 4.78. The van der Waals surface area contributed by atoms with E-state index in [2.05, 4.69) is 49.7 Å². The van der Waals surface area contributed by atoms with Gasteiger partial charge in [0.1, 0.15) is 5.65 Å². The molecule has 0 radical (unpaired) electrons. The number of rotatable bonds is 0. The molecule has 2 heterocycles. The third-order valence-electron chi connectivity index (χ3n) is 2.52. The first kappa shape index (κ1) is 8.92. The molecule has 3 aromatic rings. The van der Waals surface area contributed by atoms with Gasteiger partial charge in [0.25, 0.3) is 0 Å². The minimum absolute atomic E-state index is 0.993. The van der Waals surface area contributed by atoms with Crippen molar-refractivity contribution in [2.24, 2.45) is 0 Å². The van der Waals surface area contributed by atoms with Crippen LogP contribution < -0.4 is 0 Å². The highest BCUT2D eigenvalue weighted by atomic mass is 79.9. The van der Waals surface area contributed by atoms with Crippen LogP contribution in [0, 0.1) is 6.92 Å². The molecule has 0 amide bonds. The van der Waals surface area contributed by atoms with Crippen LogP contribution in [0.5, 0.6) is 0 Å². The fraction of sp³-hybridized carbons (Fsp3) is 0.0833. The molecule has 0 aliphatic rings. The monoisotopic (exact) mass is 260 g/mol. The van der Waals surface area contributed by atoms with Crippen molar-refractivity contribution >= 4 is 32.5 Å². The zero-order valence-electron chi connectivity index (χ0n) is 8.24. The molecule has 0 N–H and O–H groups in total. The topological polar surface area (TPSA) is 17.3 Å². The first-order valence-corrected chi connectivity index (χ1v) is 5.58. The van der Waals surface area contributed by atoms with E-state index < -0.39 is 0 Å². The Kier molecular flexibility index (Phi) is 1.83. The van der Waals surface area contributed by atoms with Gasteiger partial charge in [0.2, 0.25) is 0 Å². The van der Waals surface area contributed by atoms with Crippen LogP contribution >= 0.6 is 15.9 Å². The summed E-state index contributed by atoms with van der Waals surface area (Å²) in [4.78, 5) is 4.45. The normalized spacial score (nSPS) is 11.3. The number of pyridine rings is 1. The maximum absolute atomic E-state index is 4.45. The molecule has 0 fully saturated rings. The summed E-state index contributed by atoms with van der Waals surface area (Å²) in [7, 11) is 0. The minimum atomic E-state index is 0.993. The highest BCUT2D eigenvalue weighted by molar-refractivity contribution is 9.10. The van der Waals surface area contributed by atoms with Crippen molar-refractivity contribution in [2.75, 3.05) is 0 Å². The number of fused-ring (bicyclic) bond motifs is 3. The second-order valence-electron chi connectivity index (χ2n) is 3.62. The van der Waals surface area contributed by atoms with Gasteiger partial charge >= 0.3 is 0 Å². The minimum Gasteiger partial charge on any atom is -0.298 e. The Labute approximate surface area is 95.7 Å². The summed E-state index contributed by atoms with van der Waals surface area (Å²) in [5.74, 6) is 0. The lowest BCUT2D eigenvalue weighted by Gasteiger charge is -2.03. The number of aromatic nitrogens is 2. The van der Waals surface area contributed by atoms with E-state index in [-0.39, 0.29) is 0 Å². The fourth-order valence-corrected chi connectivity index (χ4v) is 2.47. The van der Waals surface area contributed by atoms with Crippen LogP contribution in [0.4, 0.5) is 0 Å². The van der Waals surface area contributed by atoms with Gasteiger partial charge in [-0.2, -0.15) is 0 Å². The Bertz CT molecular complexity index is 655. The van der Waals surface area contributed by atoms with E-state index in [1.807, 2.05) is 19.1 Å². The summed E-state index contributed by atoms with van der Waals surface area (Å²) < 4.78 is 3.22. The lowest BCUT2D eigenvalue weighted by molar-refractivity contribution is 1.25. The zero-order chi connectivity index (χ0) is 10.4. The first-order chi connectivity index (χ1) is 7.25. The van der Waals surface area contributed by atoms with E-state index in [1.54, 1.807) is 0 Å². The van der Waals surface area contributed by atoms with Gasteiger partial charge in [-0.1, -0.05) is 12.1 Å². The molecule has 0 spiro atoms. The van der Waals surface area contributed by atoms with Gasteiger partial charge in [-0.3, -0.25) is 4.40 Å². The molecule has 0 saturated heterocycles. The Morgan fingerprint density at radius 3 is 2.93 bits per heavy atom. The van der Waals surface area contributed by atoms with Crippen molar-refractivity contribution in [3.05, 3.63) is 46.7 Å². The molecule has 2 nitrogen and oxygen atoms in total. The lowest BCUT2D eigenvalue weighted by atomic mass is 10.2. The van der Waals surface area contributed by atoms with E-state index in [4.69, 9.17) is 0 Å². The molecule has 0 unspecified atom stereocenters.